The first-order chi connectivity index (χ1) is 6.42. The monoisotopic (exact) mass is 180 g/mol. The maximum Gasteiger partial charge on any atom is 0.217 e. The smallest absolute Gasteiger partial charge is 0.217 e. The number of furan rings is 1. The highest BCUT2D eigenvalue weighted by Crippen LogP contribution is 2.14. The van der Waals surface area contributed by atoms with Gasteiger partial charge < -0.3 is 9.52 Å². The van der Waals surface area contributed by atoms with Crippen LogP contribution in [0.25, 0.3) is 11.6 Å². The van der Waals surface area contributed by atoms with Crippen molar-refractivity contribution >= 4 is 0 Å². The van der Waals surface area contributed by atoms with E-state index in [1.165, 1.54) is 4.68 Å². The molecule has 6 heteroatoms. The zero-order valence-electron chi connectivity index (χ0n) is 6.79. The van der Waals surface area contributed by atoms with Gasteiger partial charge in [-0.2, -0.15) is 0 Å². The van der Waals surface area contributed by atoms with Gasteiger partial charge in [0, 0.05) is 0 Å². The van der Waals surface area contributed by atoms with Crippen LogP contribution in [0.3, 0.4) is 0 Å². The summed E-state index contributed by atoms with van der Waals surface area (Å²) >= 11 is 0. The lowest BCUT2D eigenvalue weighted by atomic mass is 10.4. The van der Waals surface area contributed by atoms with Crippen LogP contribution >= 0.6 is 0 Å². The number of aliphatic hydroxyl groups excluding tert-OH is 1. The maximum absolute atomic E-state index is 8.71. The van der Waals surface area contributed by atoms with Crippen LogP contribution in [0.2, 0.25) is 0 Å². The van der Waals surface area contributed by atoms with Crippen molar-refractivity contribution in [1.82, 2.24) is 20.2 Å². The number of rotatable bonds is 3. The van der Waals surface area contributed by atoms with Crippen LogP contribution in [-0.4, -0.2) is 31.9 Å². The second-order valence-corrected chi connectivity index (χ2v) is 2.43. The highest BCUT2D eigenvalue weighted by molar-refractivity contribution is 5.44. The van der Waals surface area contributed by atoms with E-state index in [0.717, 1.165) is 0 Å². The number of hydrogen-bond donors (Lipinski definition) is 1. The molecule has 0 unspecified atom stereocenters. The van der Waals surface area contributed by atoms with Crippen molar-refractivity contribution in [2.45, 2.75) is 6.54 Å². The second kappa shape index (κ2) is 3.36. The van der Waals surface area contributed by atoms with Crippen molar-refractivity contribution in [2.75, 3.05) is 6.61 Å². The summed E-state index contributed by atoms with van der Waals surface area (Å²) in [6, 6.07) is 3.52. The summed E-state index contributed by atoms with van der Waals surface area (Å²) in [6.45, 7) is 0.363. The fourth-order valence-corrected chi connectivity index (χ4v) is 1.03. The minimum Gasteiger partial charge on any atom is -0.461 e. The normalized spacial score (nSPS) is 10.5. The highest BCUT2D eigenvalue weighted by Gasteiger charge is 2.09. The van der Waals surface area contributed by atoms with Crippen LogP contribution in [0, 0.1) is 0 Å². The summed E-state index contributed by atoms with van der Waals surface area (Å²) in [5, 5.41) is 19.7. The van der Waals surface area contributed by atoms with Crippen molar-refractivity contribution in [3.05, 3.63) is 18.4 Å². The first-order valence-corrected chi connectivity index (χ1v) is 3.82. The van der Waals surface area contributed by atoms with Crippen LogP contribution in [0.4, 0.5) is 0 Å². The standard InChI is InChI=1S/C7H8N4O2/c12-4-3-11-7(8-9-10-11)6-2-1-5-13-6/h1-2,5,12H,3-4H2. The fourth-order valence-electron chi connectivity index (χ4n) is 1.03. The molecule has 68 valence electrons. The lowest BCUT2D eigenvalue weighted by Crippen LogP contribution is -2.05. The van der Waals surface area contributed by atoms with Gasteiger partial charge in [0.2, 0.25) is 5.82 Å². The molecule has 0 aromatic carbocycles. The molecule has 0 saturated heterocycles. The van der Waals surface area contributed by atoms with Gasteiger partial charge >= 0.3 is 0 Å². The molecule has 0 bridgehead atoms. The third-order valence-corrected chi connectivity index (χ3v) is 1.59. The molecular weight excluding hydrogens is 172 g/mol. The molecule has 0 aliphatic heterocycles. The van der Waals surface area contributed by atoms with Gasteiger partial charge in [0.05, 0.1) is 19.4 Å². The Kier molecular flexibility index (Phi) is 2.05. The summed E-state index contributed by atoms with van der Waals surface area (Å²) in [5.74, 6) is 1.12. The number of nitrogens with zero attached hydrogens (tertiary/aromatic N) is 4. The summed E-state index contributed by atoms with van der Waals surface area (Å²) in [4.78, 5) is 0. The zero-order valence-corrected chi connectivity index (χ0v) is 6.79. The third-order valence-electron chi connectivity index (χ3n) is 1.59. The topological polar surface area (TPSA) is 77.0 Å². The Hall–Kier alpha value is -1.69. The number of aromatic nitrogens is 4. The molecule has 0 aliphatic carbocycles. The minimum atomic E-state index is -0.00124. The van der Waals surface area contributed by atoms with Crippen LogP contribution in [0.5, 0.6) is 0 Å². The molecular formula is C7H8N4O2. The average Bonchev–Trinajstić information content (AvgIpc) is 2.71. The minimum absolute atomic E-state index is 0.00124. The molecule has 6 nitrogen and oxygen atoms in total. The summed E-state index contributed by atoms with van der Waals surface area (Å²) < 4.78 is 6.60. The quantitative estimate of drug-likeness (QED) is 0.715. The lowest BCUT2D eigenvalue weighted by Gasteiger charge is -1.97. The predicted octanol–water partition coefficient (Wildman–Crippen LogP) is -0.0746. The van der Waals surface area contributed by atoms with E-state index in [0.29, 0.717) is 18.1 Å². The molecule has 0 fully saturated rings. The zero-order chi connectivity index (χ0) is 9.10. The Balaban J connectivity index is 2.35. The SMILES string of the molecule is OCCn1nnnc1-c1ccco1. The van der Waals surface area contributed by atoms with E-state index in [-0.39, 0.29) is 6.61 Å². The van der Waals surface area contributed by atoms with Crippen LogP contribution in [0.15, 0.2) is 22.8 Å². The first kappa shape index (κ1) is 7.93. The van der Waals surface area contributed by atoms with E-state index in [9.17, 15) is 0 Å². The van der Waals surface area contributed by atoms with Crippen LogP contribution in [-0.2, 0) is 6.54 Å². The van der Waals surface area contributed by atoms with E-state index in [1.54, 1.807) is 18.4 Å². The highest BCUT2D eigenvalue weighted by atomic mass is 16.3. The Morgan fingerprint density at radius 1 is 1.54 bits per heavy atom. The molecule has 2 heterocycles. The van der Waals surface area contributed by atoms with E-state index >= 15 is 0 Å². The van der Waals surface area contributed by atoms with E-state index in [4.69, 9.17) is 9.52 Å². The van der Waals surface area contributed by atoms with E-state index in [1.807, 2.05) is 0 Å². The Labute approximate surface area is 73.8 Å². The molecule has 2 rings (SSSR count). The van der Waals surface area contributed by atoms with Gasteiger partial charge in [-0.25, -0.2) is 4.68 Å². The Bertz CT molecular complexity index is 368. The van der Waals surface area contributed by atoms with Gasteiger partial charge in [-0.05, 0) is 22.6 Å². The van der Waals surface area contributed by atoms with Crippen molar-refractivity contribution in [3.8, 4) is 11.6 Å². The molecule has 0 amide bonds. The Morgan fingerprint density at radius 2 is 2.46 bits per heavy atom. The van der Waals surface area contributed by atoms with E-state index in [2.05, 4.69) is 15.5 Å². The molecule has 13 heavy (non-hydrogen) atoms. The van der Waals surface area contributed by atoms with Gasteiger partial charge in [0.25, 0.3) is 0 Å². The van der Waals surface area contributed by atoms with Gasteiger partial charge in [0.1, 0.15) is 0 Å². The molecule has 2 aromatic rings. The molecule has 1 N–H and O–H groups in total. The molecule has 0 spiro atoms. The first-order valence-electron chi connectivity index (χ1n) is 3.82. The maximum atomic E-state index is 8.71. The predicted molar refractivity (Wildman–Crippen MR) is 42.6 cm³/mol. The van der Waals surface area contributed by atoms with Crippen molar-refractivity contribution in [1.29, 1.82) is 0 Å². The molecule has 0 radical (unpaired) electrons. The van der Waals surface area contributed by atoms with Crippen LogP contribution in [0.1, 0.15) is 0 Å². The molecule has 0 saturated carbocycles. The number of aliphatic hydroxyl groups is 1. The molecule has 0 aliphatic rings. The van der Waals surface area contributed by atoms with Gasteiger partial charge in [-0.1, -0.05) is 0 Å². The number of tetrazole rings is 1. The summed E-state index contributed by atoms with van der Waals surface area (Å²) in [5.41, 5.74) is 0. The van der Waals surface area contributed by atoms with Gasteiger partial charge in [-0.15, -0.1) is 5.10 Å². The van der Waals surface area contributed by atoms with Crippen molar-refractivity contribution in [3.63, 3.8) is 0 Å². The number of hydrogen-bond acceptors (Lipinski definition) is 5. The lowest BCUT2D eigenvalue weighted by molar-refractivity contribution is 0.268. The fraction of sp³-hybridized carbons (Fsp3) is 0.286. The van der Waals surface area contributed by atoms with Gasteiger partial charge in [0.15, 0.2) is 5.76 Å². The average molecular weight is 180 g/mol. The molecule has 0 atom stereocenters. The van der Waals surface area contributed by atoms with Crippen molar-refractivity contribution < 1.29 is 9.52 Å². The Morgan fingerprint density at radius 3 is 3.15 bits per heavy atom. The van der Waals surface area contributed by atoms with Gasteiger partial charge in [-0.3, -0.25) is 0 Å². The largest absolute Gasteiger partial charge is 0.461 e. The third kappa shape index (κ3) is 1.43. The summed E-state index contributed by atoms with van der Waals surface area (Å²) in [7, 11) is 0. The van der Waals surface area contributed by atoms with Crippen molar-refractivity contribution in [2.24, 2.45) is 0 Å². The molecule has 2 aromatic heterocycles. The van der Waals surface area contributed by atoms with Crippen LogP contribution < -0.4 is 0 Å². The summed E-state index contributed by atoms with van der Waals surface area (Å²) in [6.07, 6.45) is 1.55. The van der Waals surface area contributed by atoms with E-state index < -0.39 is 0 Å². The second-order valence-electron chi connectivity index (χ2n) is 2.43.